The number of aromatic nitrogens is 1. The summed E-state index contributed by atoms with van der Waals surface area (Å²) in [4.78, 5) is 14.2. The highest BCUT2D eigenvalue weighted by Gasteiger charge is 2.13. The third kappa shape index (κ3) is 1.75. The van der Waals surface area contributed by atoms with Gasteiger partial charge in [0, 0.05) is 4.47 Å². The van der Waals surface area contributed by atoms with Gasteiger partial charge in [-0.2, -0.15) is 0 Å². The smallest absolute Gasteiger partial charge is 0.356 e. The van der Waals surface area contributed by atoms with Crippen LogP contribution in [0.2, 0.25) is 0 Å². The summed E-state index contributed by atoms with van der Waals surface area (Å²) >= 11 is 6.16. The molecule has 6 heteroatoms. The molecule has 0 fully saturated rings. The molecule has 12 heavy (non-hydrogen) atoms. The van der Waals surface area contributed by atoms with Crippen LogP contribution in [0.25, 0.3) is 0 Å². The Kier molecular flexibility index (Phi) is 2.69. The van der Waals surface area contributed by atoms with Crippen LogP contribution in [0.5, 0.6) is 0 Å². The molecule has 0 amide bonds. The van der Waals surface area contributed by atoms with E-state index in [-0.39, 0.29) is 11.4 Å². The zero-order chi connectivity index (χ0) is 9.30. The Labute approximate surface area is 85.0 Å². The third-order valence-corrected chi connectivity index (χ3v) is 2.24. The topological polar surface area (TPSA) is 76.2 Å². The molecular formula is C6H4Br2N2O2. The number of carboxylic acids is 1. The molecule has 1 heterocycles. The van der Waals surface area contributed by atoms with Gasteiger partial charge in [-0.15, -0.1) is 0 Å². The van der Waals surface area contributed by atoms with Crippen molar-refractivity contribution in [3.63, 3.8) is 0 Å². The van der Waals surface area contributed by atoms with Gasteiger partial charge in [0.15, 0.2) is 5.69 Å². The van der Waals surface area contributed by atoms with Crippen molar-refractivity contribution >= 4 is 43.5 Å². The number of anilines is 1. The zero-order valence-corrected chi connectivity index (χ0v) is 8.89. The summed E-state index contributed by atoms with van der Waals surface area (Å²) in [5.41, 5.74) is 5.42. The fourth-order valence-corrected chi connectivity index (χ4v) is 1.78. The average molecular weight is 296 g/mol. The van der Waals surface area contributed by atoms with Crippen LogP contribution in [-0.2, 0) is 0 Å². The van der Waals surface area contributed by atoms with Crippen molar-refractivity contribution in [2.24, 2.45) is 0 Å². The highest BCUT2D eigenvalue weighted by atomic mass is 79.9. The number of carbonyl (C=O) groups is 1. The molecule has 0 aliphatic rings. The van der Waals surface area contributed by atoms with E-state index >= 15 is 0 Å². The number of carboxylic acid groups (broad SMARTS) is 1. The van der Waals surface area contributed by atoms with Crippen LogP contribution in [0.3, 0.4) is 0 Å². The lowest BCUT2D eigenvalue weighted by Gasteiger charge is -2.02. The highest BCUT2D eigenvalue weighted by molar-refractivity contribution is 9.11. The van der Waals surface area contributed by atoms with Gasteiger partial charge < -0.3 is 10.8 Å². The molecule has 1 rings (SSSR count). The molecule has 0 bridgehead atoms. The summed E-state index contributed by atoms with van der Waals surface area (Å²) in [7, 11) is 0. The molecule has 0 saturated heterocycles. The molecule has 1 aromatic rings. The van der Waals surface area contributed by atoms with E-state index in [1.165, 1.54) is 0 Å². The summed E-state index contributed by atoms with van der Waals surface area (Å²) in [6, 6.07) is 1.59. The van der Waals surface area contributed by atoms with E-state index in [9.17, 15) is 4.79 Å². The lowest BCUT2D eigenvalue weighted by molar-refractivity contribution is 0.0691. The van der Waals surface area contributed by atoms with Crippen molar-refractivity contribution < 1.29 is 9.90 Å². The summed E-state index contributed by atoms with van der Waals surface area (Å²) in [5.74, 6) is -1.14. The van der Waals surface area contributed by atoms with Gasteiger partial charge >= 0.3 is 5.97 Å². The summed E-state index contributed by atoms with van der Waals surface area (Å²) in [6.45, 7) is 0. The SMILES string of the molecule is Nc1c(Br)cc(Br)nc1C(=O)O. The lowest BCUT2D eigenvalue weighted by atomic mass is 10.3. The molecule has 0 saturated carbocycles. The van der Waals surface area contributed by atoms with E-state index in [0.29, 0.717) is 9.08 Å². The number of hydrogen-bond acceptors (Lipinski definition) is 3. The van der Waals surface area contributed by atoms with Gasteiger partial charge in [0.25, 0.3) is 0 Å². The van der Waals surface area contributed by atoms with Crippen LogP contribution >= 0.6 is 31.9 Å². The first-order valence-electron chi connectivity index (χ1n) is 2.87. The van der Waals surface area contributed by atoms with Gasteiger partial charge in [0.2, 0.25) is 0 Å². The minimum absolute atomic E-state index is 0.130. The van der Waals surface area contributed by atoms with Gasteiger partial charge in [-0.3, -0.25) is 0 Å². The van der Waals surface area contributed by atoms with Crippen molar-refractivity contribution in [2.45, 2.75) is 0 Å². The molecule has 3 N–H and O–H groups in total. The molecule has 0 atom stereocenters. The van der Waals surface area contributed by atoms with Crippen molar-refractivity contribution in [1.29, 1.82) is 0 Å². The molecule has 1 aromatic heterocycles. The van der Waals surface area contributed by atoms with Crippen molar-refractivity contribution in [2.75, 3.05) is 5.73 Å². The van der Waals surface area contributed by atoms with Crippen LogP contribution in [0.1, 0.15) is 10.5 Å². The van der Waals surface area contributed by atoms with Crippen LogP contribution in [0, 0.1) is 0 Å². The minimum Gasteiger partial charge on any atom is -0.476 e. The predicted molar refractivity (Wildman–Crippen MR) is 51.0 cm³/mol. The molecule has 4 nitrogen and oxygen atoms in total. The predicted octanol–water partition coefficient (Wildman–Crippen LogP) is 1.89. The lowest BCUT2D eigenvalue weighted by Crippen LogP contribution is -2.06. The van der Waals surface area contributed by atoms with Crippen molar-refractivity contribution in [3.05, 3.63) is 20.8 Å². The van der Waals surface area contributed by atoms with E-state index < -0.39 is 5.97 Å². The van der Waals surface area contributed by atoms with E-state index in [1.807, 2.05) is 0 Å². The van der Waals surface area contributed by atoms with Crippen LogP contribution in [0.15, 0.2) is 15.1 Å². The maximum absolute atomic E-state index is 10.5. The monoisotopic (exact) mass is 294 g/mol. The van der Waals surface area contributed by atoms with Crippen molar-refractivity contribution in [3.8, 4) is 0 Å². The second-order valence-corrected chi connectivity index (χ2v) is 3.66. The number of halogens is 2. The van der Waals surface area contributed by atoms with Crippen LogP contribution in [0.4, 0.5) is 5.69 Å². The van der Waals surface area contributed by atoms with Gasteiger partial charge in [0.1, 0.15) is 4.60 Å². The molecule has 0 radical (unpaired) electrons. The van der Waals surface area contributed by atoms with Crippen LogP contribution < -0.4 is 5.73 Å². The molecule has 0 aliphatic carbocycles. The first-order valence-corrected chi connectivity index (χ1v) is 4.45. The average Bonchev–Trinajstić information content (AvgIpc) is 1.96. The van der Waals surface area contributed by atoms with E-state index in [1.54, 1.807) is 6.07 Å². The van der Waals surface area contributed by atoms with Crippen LogP contribution in [-0.4, -0.2) is 16.1 Å². The minimum atomic E-state index is -1.14. The Morgan fingerprint density at radius 1 is 1.58 bits per heavy atom. The number of hydrogen-bond donors (Lipinski definition) is 2. The quantitative estimate of drug-likeness (QED) is 0.776. The van der Waals surface area contributed by atoms with E-state index in [4.69, 9.17) is 10.8 Å². The second kappa shape index (κ2) is 3.40. The number of pyridine rings is 1. The second-order valence-electron chi connectivity index (χ2n) is 1.99. The molecule has 0 spiro atoms. The first kappa shape index (κ1) is 9.47. The van der Waals surface area contributed by atoms with Gasteiger partial charge in [-0.1, -0.05) is 0 Å². The Morgan fingerprint density at radius 3 is 2.67 bits per heavy atom. The zero-order valence-electron chi connectivity index (χ0n) is 5.71. The number of nitrogen functional groups attached to an aromatic ring is 1. The molecule has 0 aromatic carbocycles. The number of nitrogens with two attached hydrogens (primary N) is 1. The number of rotatable bonds is 1. The van der Waals surface area contributed by atoms with Gasteiger partial charge in [-0.05, 0) is 37.9 Å². The Bertz CT molecular complexity index is 341. The number of aromatic carboxylic acids is 1. The molecule has 0 aliphatic heterocycles. The highest BCUT2D eigenvalue weighted by Crippen LogP contribution is 2.25. The maximum atomic E-state index is 10.5. The summed E-state index contributed by atoms with van der Waals surface area (Å²) in [5, 5.41) is 8.63. The van der Waals surface area contributed by atoms with E-state index in [2.05, 4.69) is 36.8 Å². The van der Waals surface area contributed by atoms with Gasteiger partial charge in [-0.25, -0.2) is 9.78 Å². The molecule has 0 unspecified atom stereocenters. The maximum Gasteiger partial charge on any atom is 0.356 e. The summed E-state index contributed by atoms with van der Waals surface area (Å²) < 4.78 is 0.947. The van der Waals surface area contributed by atoms with Crippen molar-refractivity contribution in [1.82, 2.24) is 4.98 Å². The van der Waals surface area contributed by atoms with E-state index in [0.717, 1.165) is 0 Å². The summed E-state index contributed by atoms with van der Waals surface area (Å²) in [6.07, 6.45) is 0. The standard InChI is InChI=1S/C6H4Br2N2O2/c7-2-1-3(8)10-5(4(2)9)6(11)12/h1H,9H2,(H,11,12). The van der Waals surface area contributed by atoms with Gasteiger partial charge in [0.05, 0.1) is 5.69 Å². The third-order valence-electron chi connectivity index (χ3n) is 1.18. The fourth-order valence-electron chi connectivity index (χ4n) is 0.658. The Hall–Kier alpha value is -0.620. The number of nitrogens with zero attached hydrogens (tertiary/aromatic N) is 1. The Balaban J connectivity index is 3.37. The molecule has 64 valence electrons. The first-order chi connectivity index (χ1) is 5.52. The Morgan fingerprint density at radius 2 is 2.17 bits per heavy atom. The fraction of sp³-hybridized carbons (Fsp3) is 0. The molecular weight excluding hydrogens is 292 g/mol. The normalized spacial score (nSPS) is 9.83. The largest absolute Gasteiger partial charge is 0.476 e.